The molecule has 2 heterocycles. The van der Waals surface area contributed by atoms with Crippen molar-refractivity contribution in [3.05, 3.63) is 58.6 Å². The number of ether oxygens (including phenoxy) is 3. The van der Waals surface area contributed by atoms with Gasteiger partial charge in [-0.2, -0.15) is 0 Å². The molecule has 4 unspecified atom stereocenters. The Morgan fingerprint density at radius 1 is 1.34 bits per heavy atom. The van der Waals surface area contributed by atoms with Gasteiger partial charge in [-0.05, 0) is 25.5 Å². The lowest BCUT2D eigenvalue weighted by Crippen LogP contribution is -2.46. The Balaban J connectivity index is 1.78. The van der Waals surface area contributed by atoms with Crippen molar-refractivity contribution in [2.75, 3.05) is 13.7 Å². The molecule has 0 amide bonds. The van der Waals surface area contributed by atoms with Gasteiger partial charge in [-0.25, -0.2) is 0 Å². The van der Waals surface area contributed by atoms with E-state index in [1.54, 1.807) is 19.9 Å². The Morgan fingerprint density at radius 2 is 2.07 bits per heavy atom. The second-order valence-corrected chi connectivity index (χ2v) is 7.83. The molecule has 2 aliphatic heterocycles. The van der Waals surface area contributed by atoms with Crippen LogP contribution >= 0.6 is 0 Å². The fourth-order valence-electron chi connectivity index (χ4n) is 4.31. The number of benzene rings is 1. The van der Waals surface area contributed by atoms with Gasteiger partial charge in [0, 0.05) is 23.6 Å². The Kier molecular flexibility index (Phi) is 4.47. The summed E-state index contributed by atoms with van der Waals surface area (Å²) in [6.07, 6.45) is -1.51. The van der Waals surface area contributed by atoms with Crippen LogP contribution in [0.2, 0.25) is 0 Å². The largest absolute Gasteiger partial charge is 0.508 e. The third kappa shape index (κ3) is 2.76. The van der Waals surface area contributed by atoms with Crippen LogP contribution in [0, 0.1) is 0 Å². The number of carbonyl (C=O) groups excluding carboxylic acids is 1. The predicted octanol–water partition coefficient (Wildman–Crippen LogP) is 2.08. The van der Waals surface area contributed by atoms with Crippen molar-refractivity contribution in [1.82, 2.24) is 0 Å². The van der Waals surface area contributed by atoms with Gasteiger partial charge in [0.05, 0.1) is 18.6 Å². The lowest BCUT2D eigenvalue weighted by Gasteiger charge is -2.39. The maximum atomic E-state index is 13.4. The van der Waals surface area contributed by atoms with E-state index in [1.165, 1.54) is 19.2 Å². The molecule has 3 aliphatic rings. The first-order valence-electron chi connectivity index (χ1n) is 9.41. The monoisotopic (exact) mass is 400 g/mol. The third-order valence-electron chi connectivity index (χ3n) is 5.90. The number of hydrogen-bond acceptors (Lipinski definition) is 7. The van der Waals surface area contributed by atoms with Crippen LogP contribution in [-0.4, -0.2) is 52.6 Å². The van der Waals surface area contributed by atoms with E-state index in [4.69, 9.17) is 14.2 Å². The molecule has 154 valence electrons. The van der Waals surface area contributed by atoms with Crippen molar-refractivity contribution in [2.24, 2.45) is 0 Å². The summed E-state index contributed by atoms with van der Waals surface area (Å²) in [5.41, 5.74) is 0.0769. The SMILES string of the molecule is C=C(C)C1CC2(O)C(=C(C)C(O)C3=C2OCC(c2ccc(O)cc2OC)C3=O)O1. The molecule has 4 atom stereocenters. The number of phenolic OH excluding ortho intramolecular Hbond substituents is 1. The maximum absolute atomic E-state index is 13.4. The van der Waals surface area contributed by atoms with E-state index in [0.29, 0.717) is 16.9 Å². The molecule has 0 radical (unpaired) electrons. The number of methoxy groups -OCH3 is 1. The smallest absolute Gasteiger partial charge is 0.183 e. The van der Waals surface area contributed by atoms with Gasteiger partial charge in [0.2, 0.25) is 0 Å². The quantitative estimate of drug-likeness (QED) is 0.667. The van der Waals surface area contributed by atoms with Crippen molar-refractivity contribution in [1.29, 1.82) is 0 Å². The number of fused-ring (bicyclic) bond motifs is 2. The first-order chi connectivity index (χ1) is 13.7. The molecule has 0 spiro atoms. The average Bonchev–Trinajstić information content (AvgIpc) is 3.05. The Bertz CT molecular complexity index is 973. The third-order valence-corrected chi connectivity index (χ3v) is 5.90. The number of Topliss-reactive ketones (excluding diaryl/α,β-unsaturated/α-hetero) is 1. The molecule has 1 aromatic carbocycles. The molecule has 29 heavy (non-hydrogen) atoms. The van der Waals surface area contributed by atoms with E-state index in [9.17, 15) is 20.1 Å². The van der Waals surface area contributed by atoms with Gasteiger partial charge in [-0.1, -0.05) is 12.6 Å². The summed E-state index contributed by atoms with van der Waals surface area (Å²) in [7, 11) is 1.45. The molecule has 0 bridgehead atoms. The van der Waals surface area contributed by atoms with Gasteiger partial charge in [0.1, 0.15) is 41.8 Å². The molecule has 1 aliphatic carbocycles. The van der Waals surface area contributed by atoms with Gasteiger partial charge in [0.25, 0.3) is 0 Å². The molecule has 0 saturated carbocycles. The molecule has 1 fully saturated rings. The first-order valence-corrected chi connectivity index (χ1v) is 9.41. The molecule has 0 aromatic heterocycles. The zero-order chi connectivity index (χ0) is 21.1. The van der Waals surface area contributed by atoms with E-state index in [2.05, 4.69) is 6.58 Å². The fraction of sp³-hybridized carbons (Fsp3) is 0.409. The van der Waals surface area contributed by atoms with Crippen molar-refractivity contribution in [3.8, 4) is 11.5 Å². The van der Waals surface area contributed by atoms with E-state index >= 15 is 0 Å². The van der Waals surface area contributed by atoms with Crippen LogP contribution in [0.4, 0.5) is 0 Å². The van der Waals surface area contributed by atoms with Gasteiger partial charge in [0.15, 0.2) is 11.4 Å². The fourth-order valence-corrected chi connectivity index (χ4v) is 4.31. The standard InChI is InChI=1S/C22H24O7/c1-10(2)16-8-22(26)20(29-16)11(3)18(24)17-19(25)14(9-28-21(17)22)13-6-5-12(23)7-15(13)27-4/h5-7,14,16,18,23-24,26H,1,8-9H2,2-4H3. The molecular weight excluding hydrogens is 376 g/mol. The van der Waals surface area contributed by atoms with Gasteiger partial charge >= 0.3 is 0 Å². The average molecular weight is 400 g/mol. The Labute approximate surface area is 168 Å². The van der Waals surface area contributed by atoms with Gasteiger partial charge in [-0.3, -0.25) is 4.79 Å². The minimum atomic E-state index is -1.61. The van der Waals surface area contributed by atoms with Crippen LogP contribution in [0.15, 0.2) is 53.0 Å². The number of ketones is 1. The van der Waals surface area contributed by atoms with Gasteiger partial charge in [-0.15, -0.1) is 0 Å². The molecule has 1 aromatic rings. The van der Waals surface area contributed by atoms with Crippen molar-refractivity contribution in [3.63, 3.8) is 0 Å². The molecule has 4 rings (SSSR count). The van der Waals surface area contributed by atoms with Crippen LogP contribution in [0.3, 0.4) is 0 Å². The summed E-state index contributed by atoms with van der Waals surface area (Å²) in [5, 5.41) is 32.0. The summed E-state index contributed by atoms with van der Waals surface area (Å²) >= 11 is 0. The summed E-state index contributed by atoms with van der Waals surface area (Å²) in [5.74, 6) is -0.457. The van der Waals surface area contributed by atoms with Crippen LogP contribution in [0.25, 0.3) is 0 Å². The topological polar surface area (TPSA) is 105 Å². The maximum Gasteiger partial charge on any atom is 0.183 e. The number of phenols is 1. The number of aliphatic hydroxyl groups is 2. The van der Waals surface area contributed by atoms with Gasteiger partial charge < -0.3 is 29.5 Å². The number of rotatable bonds is 3. The van der Waals surface area contributed by atoms with Crippen LogP contribution in [0.5, 0.6) is 11.5 Å². The summed E-state index contributed by atoms with van der Waals surface area (Å²) in [4.78, 5) is 13.4. The van der Waals surface area contributed by atoms with Crippen molar-refractivity contribution >= 4 is 5.78 Å². The highest BCUT2D eigenvalue weighted by atomic mass is 16.5. The molecule has 3 N–H and O–H groups in total. The number of aromatic hydroxyl groups is 1. The molecular formula is C22H24O7. The van der Waals surface area contributed by atoms with Crippen LogP contribution in [-0.2, 0) is 14.3 Å². The minimum absolute atomic E-state index is 0.0130. The highest BCUT2D eigenvalue weighted by Gasteiger charge is 2.57. The van der Waals surface area contributed by atoms with E-state index in [-0.39, 0.29) is 41.7 Å². The highest BCUT2D eigenvalue weighted by molar-refractivity contribution is 6.04. The lowest BCUT2D eigenvalue weighted by molar-refractivity contribution is -0.122. The van der Waals surface area contributed by atoms with Crippen molar-refractivity contribution < 1.29 is 34.3 Å². The van der Waals surface area contributed by atoms with Crippen molar-refractivity contribution in [2.45, 2.75) is 44.0 Å². The number of carbonyl (C=O) groups is 1. The summed E-state index contributed by atoms with van der Waals surface area (Å²) in [6.45, 7) is 7.29. The molecule has 7 nitrogen and oxygen atoms in total. The normalized spacial score (nSPS) is 31.1. The highest BCUT2D eigenvalue weighted by Crippen LogP contribution is 2.51. The second-order valence-electron chi connectivity index (χ2n) is 7.83. The number of aliphatic hydroxyl groups excluding tert-OH is 1. The lowest BCUT2D eigenvalue weighted by atomic mass is 9.75. The van der Waals surface area contributed by atoms with E-state index in [1.807, 2.05) is 0 Å². The molecule has 1 saturated heterocycles. The van der Waals surface area contributed by atoms with E-state index < -0.39 is 23.7 Å². The van der Waals surface area contributed by atoms with Crippen LogP contribution in [0.1, 0.15) is 31.7 Å². The van der Waals surface area contributed by atoms with Crippen LogP contribution < -0.4 is 4.74 Å². The molecule has 7 heteroatoms. The minimum Gasteiger partial charge on any atom is -0.508 e. The zero-order valence-corrected chi connectivity index (χ0v) is 16.6. The van der Waals surface area contributed by atoms with E-state index in [0.717, 1.165) is 5.57 Å². The Hall–Kier alpha value is -2.77. The first kappa shape index (κ1) is 19.5. The Morgan fingerprint density at radius 3 is 2.72 bits per heavy atom. The zero-order valence-electron chi connectivity index (χ0n) is 16.6. The predicted molar refractivity (Wildman–Crippen MR) is 103 cm³/mol. The second kappa shape index (κ2) is 6.64. The summed E-state index contributed by atoms with van der Waals surface area (Å²) in [6, 6.07) is 4.48. The number of hydrogen-bond donors (Lipinski definition) is 3. The summed E-state index contributed by atoms with van der Waals surface area (Å²) < 4.78 is 17.1.